The molecule has 19 heavy (non-hydrogen) atoms. The van der Waals surface area contributed by atoms with Crippen LogP contribution in [0.15, 0.2) is 21.5 Å². The van der Waals surface area contributed by atoms with Crippen LogP contribution < -0.4 is 16.8 Å². The Kier molecular flexibility index (Phi) is 8.21. The molecular formula is C12H21IN4O2. The summed E-state index contributed by atoms with van der Waals surface area (Å²) in [5.74, 6) is 1.08. The Hall–Kier alpha value is -1.25. The van der Waals surface area contributed by atoms with Gasteiger partial charge in [-0.2, -0.15) is 0 Å². The van der Waals surface area contributed by atoms with Gasteiger partial charge in [0.15, 0.2) is 11.7 Å². The van der Waals surface area contributed by atoms with Crippen LogP contribution in [0.25, 0.3) is 0 Å². The van der Waals surface area contributed by atoms with Crippen LogP contribution >= 0.6 is 24.0 Å². The van der Waals surface area contributed by atoms with Gasteiger partial charge >= 0.3 is 0 Å². The number of primary amides is 1. The summed E-state index contributed by atoms with van der Waals surface area (Å²) >= 11 is 0. The fraction of sp³-hybridized carbons (Fsp3) is 0.500. The molecule has 0 fully saturated rings. The lowest BCUT2D eigenvalue weighted by molar-refractivity contribution is 0.0972. The largest absolute Gasteiger partial charge is 0.454 e. The molecule has 5 N–H and O–H groups in total. The van der Waals surface area contributed by atoms with Gasteiger partial charge in [-0.25, -0.2) is 4.99 Å². The van der Waals surface area contributed by atoms with E-state index in [1.165, 1.54) is 6.07 Å². The summed E-state index contributed by atoms with van der Waals surface area (Å²) in [6.07, 6.45) is 1.03. The number of carbonyl (C=O) groups excluding carboxylic acids is 1. The minimum atomic E-state index is -0.590. The van der Waals surface area contributed by atoms with Crippen molar-refractivity contribution in [3.63, 3.8) is 0 Å². The Morgan fingerprint density at radius 3 is 2.63 bits per heavy atom. The summed E-state index contributed by atoms with van der Waals surface area (Å²) in [6.45, 7) is 5.36. The Balaban J connectivity index is 0.00000324. The maximum Gasteiger partial charge on any atom is 0.284 e. The number of nitrogens with zero attached hydrogens (tertiary/aromatic N) is 1. The molecule has 108 valence electrons. The topological polar surface area (TPSA) is 107 Å². The van der Waals surface area contributed by atoms with E-state index < -0.39 is 5.91 Å². The second kappa shape index (κ2) is 8.78. The van der Waals surface area contributed by atoms with Crippen molar-refractivity contribution in [1.82, 2.24) is 5.32 Å². The average Bonchev–Trinajstić information content (AvgIpc) is 2.74. The molecule has 0 aromatic carbocycles. The van der Waals surface area contributed by atoms with Gasteiger partial charge in [0.2, 0.25) is 0 Å². The summed E-state index contributed by atoms with van der Waals surface area (Å²) in [7, 11) is 0. The molecule has 0 aliphatic heterocycles. The van der Waals surface area contributed by atoms with E-state index in [2.05, 4.69) is 24.2 Å². The molecule has 0 unspecified atom stereocenters. The van der Waals surface area contributed by atoms with Gasteiger partial charge in [-0.3, -0.25) is 4.79 Å². The third-order valence-electron chi connectivity index (χ3n) is 2.34. The first-order valence-electron chi connectivity index (χ1n) is 5.91. The lowest BCUT2D eigenvalue weighted by Gasteiger charge is -2.06. The van der Waals surface area contributed by atoms with E-state index in [9.17, 15) is 4.79 Å². The summed E-state index contributed by atoms with van der Waals surface area (Å²) in [6, 6.07) is 3.18. The van der Waals surface area contributed by atoms with Crippen LogP contribution in [0.5, 0.6) is 0 Å². The highest BCUT2D eigenvalue weighted by molar-refractivity contribution is 14.0. The minimum absolute atomic E-state index is 0. The van der Waals surface area contributed by atoms with Crippen molar-refractivity contribution >= 4 is 35.8 Å². The van der Waals surface area contributed by atoms with Crippen molar-refractivity contribution in [2.24, 2.45) is 22.4 Å². The molecule has 0 atom stereocenters. The van der Waals surface area contributed by atoms with Gasteiger partial charge < -0.3 is 21.2 Å². The van der Waals surface area contributed by atoms with Crippen LogP contribution in [0.2, 0.25) is 0 Å². The lowest BCUT2D eigenvalue weighted by atomic mass is 10.1. The molecule has 1 heterocycles. The molecule has 0 aliphatic rings. The molecule has 1 rings (SSSR count). The first-order chi connectivity index (χ1) is 8.49. The maximum absolute atomic E-state index is 10.8. The number of furan rings is 1. The van der Waals surface area contributed by atoms with Crippen molar-refractivity contribution in [1.29, 1.82) is 0 Å². The van der Waals surface area contributed by atoms with E-state index in [1.807, 2.05) is 0 Å². The van der Waals surface area contributed by atoms with Gasteiger partial charge in [-0.15, -0.1) is 24.0 Å². The van der Waals surface area contributed by atoms with Gasteiger partial charge in [0.1, 0.15) is 12.3 Å². The van der Waals surface area contributed by atoms with Crippen LogP contribution in [0.3, 0.4) is 0 Å². The molecule has 0 aliphatic carbocycles. The summed E-state index contributed by atoms with van der Waals surface area (Å²) < 4.78 is 5.17. The number of guanidine groups is 1. The molecule has 1 aromatic heterocycles. The maximum atomic E-state index is 10.8. The SMILES string of the molecule is CC(C)CCNC(N)=NCc1ccc(C(N)=O)o1.I. The highest BCUT2D eigenvalue weighted by atomic mass is 127. The van der Waals surface area contributed by atoms with Crippen molar-refractivity contribution in [2.75, 3.05) is 6.54 Å². The normalized spacial score (nSPS) is 11.2. The number of hydrogen-bond acceptors (Lipinski definition) is 3. The molecule has 0 spiro atoms. The molecule has 7 heteroatoms. The highest BCUT2D eigenvalue weighted by Gasteiger charge is 2.06. The van der Waals surface area contributed by atoms with Crippen LogP contribution in [-0.4, -0.2) is 18.4 Å². The predicted molar refractivity (Wildman–Crippen MR) is 85.4 cm³/mol. The second-order valence-corrected chi connectivity index (χ2v) is 4.44. The van der Waals surface area contributed by atoms with Crippen molar-refractivity contribution < 1.29 is 9.21 Å². The van der Waals surface area contributed by atoms with Crippen molar-refractivity contribution in [3.05, 3.63) is 23.7 Å². The van der Waals surface area contributed by atoms with E-state index in [1.54, 1.807) is 6.07 Å². The Bertz CT molecular complexity index is 429. The summed E-state index contributed by atoms with van der Waals surface area (Å²) in [5.41, 5.74) is 10.8. The fourth-order valence-electron chi connectivity index (χ4n) is 1.30. The number of aliphatic imine (C=N–C) groups is 1. The van der Waals surface area contributed by atoms with Crippen LogP contribution in [0.4, 0.5) is 0 Å². The fourth-order valence-corrected chi connectivity index (χ4v) is 1.30. The molecule has 6 nitrogen and oxygen atoms in total. The number of amides is 1. The zero-order chi connectivity index (χ0) is 13.5. The lowest BCUT2D eigenvalue weighted by Crippen LogP contribution is -2.32. The molecule has 1 aromatic rings. The zero-order valence-electron chi connectivity index (χ0n) is 11.2. The first kappa shape index (κ1) is 17.8. The molecule has 1 amide bonds. The molecule has 0 saturated carbocycles. The van der Waals surface area contributed by atoms with E-state index in [-0.39, 0.29) is 36.3 Å². The number of rotatable bonds is 6. The second-order valence-electron chi connectivity index (χ2n) is 4.44. The molecule has 0 bridgehead atoms. The zero-order valence-corrected chi connectivity index (χ0v) is 13.5. The van der Waals surface area contributed by atoms with Crippen molar-refractivity contribution in [3.8, 4) is 0 Å². The number of hydrogen-bond donors (Lipinski definition) is 3. The number of carbonyl (C=O) groups is 1. The monoisotopic (exact) mass is 380 g/mol. The molecule has 0 radical (unpaired) electrons. The third-order valence-corrected chi connectivity index (χ3v) is 2.34. The van der Waals surface area contributed by atoms with Gasteiger partial charge in [-0.05, 0) is 24.5 Å². The average molecular weight is 380 g/mol. The van der Waals surface area contributed by atoms with Gasteiger partial charge in [0.25, 0.3) is 5.91 Å². The molecular weight excluding hydrogens is 359 g/mol. The molecule has 0 saturated heterocycles. The standard InChI is InChI=1S/C12H20N4O2.HI/c1-8(2)5-6-15-12(14)16-7-9-3-4-10(18-9)11(13)17;/h3-4,8H,5-7H2,1-2H3,(H2,13,17)(H3,14,15,16);1H. The predicted octanol–water partition coefficient (Wildman–Crippen LogP) is 1.45. The first-order valence-corrected chi connectivity index (χ1v) is 5.91. The van der Waals surface area contributed by atoms with Gasteiger partial charge in [0, 0.05) is 6.54 Å². The van der Waals surface area contributed by atoms with Gasteiger partial charge in [-0.1, -0.05) is 13.8 Å². The minimum Gasteiger partial charge on any atom is -0.454 e. The quantitative estimate of drug-likeness (QED) is 0.395. The Morgan fingerprint density at radius 2 is 2.11 bits per heavy atom. The highest BCUT2D eigenvalue weighted by Crippen LogP contribution is 2.08. The van der Waals surface area contributed by atoms with E-state index in [0.29, 0.717) is 17.6 Å². The number of halogens is 1. The van der Waals surface area contributed by atoms with Crippen LogP contribution in [-0.2, 0) is 6.54 Å². The van der Waals surface area contributed by atoms with Crippen molar-refractivity contribution in [2.45, 2.75) is 26.8 Å². The van der Waals surface area contributed by atoms with E-state index >= 15 is 0 Å². The van der Waals surface area contributed by atoms with Gasteiger partial charge in [0.05, 0.1) is 0 Å². The summed E-state index contributed by atoms with van der Waals surface area (Å²) in [5, 5.41) is 3.01. The Labute approximate surface area is 130 Å². The number of nitrogens with one attached hydrogen (secondary N) is 1. The Morgan fingerprint density at radius 1 is 1.42 bits per heavy atom. The summed E-state index contributed by atoms with van der Waals surface area (Å²) in [4.78, 5) is 14.9. The smallest absolute Gasteiger partial charge is 0.284 e. The van der Waals surface area contributed by atoms with Crippen LogP contribution in [0, 0.1) is 5.92 Å². The van der Waals surface area contributed by atoms with E-state index in [0.717, 1.165) is 13.0 Å². The number of nitrogens with two attached hydrogens (primary N) is 2. The van der Waals surface area contributed by atoms with E-state index in [4.69, 9.17) is 15.9 Å². The van der Waals surface area contributed by atoms with Crippen LogP contribution in [0.1, 0.15) is 36.6 Å². The third kappa shape index (κ3) is 7.04.